The van der Waals surface area contributed by atoms with Crippen molar-refractivity contribution < 1.29 is 33.7 Å². The fourth-order valence-electron chi connectivity index (χ4n) is 10.0. The summed E-state index contributed by atoms with van der Waals surface area (Å²) in [4.78, 5) is 50.9. The second kappa shape index (κ2) is 16.9. The van der Waals surface area contributed by atoms with Crippen molar-refractivity contribution in [1.29, 1.82) is 0 Å². The van der Waals surface area contributed by atoms with Gasteiger partial charge in [-0.1, -0.05) is 60.0 Å². The lowest BCUT2D eigenvalue weighted by Crippen LogP contribution is -2.44. The molecular weight excluding hydrogens is 810 g/mol. The number of pyridine rings is 1. The number of likely N-dealkylation sites (tertiary alicyclic amines) is 1. The Morgan fingerprint density at radius 3 is 2.50 bits per heavy atom. The first kappa shape index (κ1) is 41.9. The molecule has 2 bridgehead atoms. The smallest absolute Gasteiger partial charge is 0.320 e. The maximum atomic E-state index is 15.9. The van der Waals surface area contributed by atoms with Crippen LogP contribution in [0.5, 0.6) is 5.75 Å². The first-order chi connectivity index (χ1) is 28.8. The van der Waals surface area contributed by atoms with Gasteiger partial charge in [-0.3, -0.25) is 29.2 Å². The topological polar surface area (TPSA) is 150 Å². The fourth-order valence-corrected chi connectivity index (χ4v) is 10.6. The molecule has 0 radical (unpaired) electrons. The molecule has 4 heterocycles. The van der Waals surface area contributed by atoms with Crippen LogP contribution >= 0.6 is 23.2 Å². The van der Waals surface area contributed by atoms with Crippen molar-refractivity contribution in [1.82, 2.24) is 24.3 Å². The standard InChI is InChI=1S/C45H49Cl2FN6O6/c1-52-35-12-19-53(20-17-44-13-15-45(26-44,16-14-44)43(58)59)25-34(35)50-40(52)41(55)51-32-10-6-9-30(39(32)47)29-8-5-7-27(38(29)46)21-31(48)33-22-37(60-2)28(23-49-33)24-54-18-4-3-11-36(54)42(56)57/h5-10,21-23,36H,3-4,11-20,24-26H2,1-2H3,(H,51,55)(H,56,57)(H,58,59)/b31-21-/t36-,44?,45?/m0/s1. The number of rotatable bonds is 13. The molecule has 2 aromatic heterocycles. The number of hydrogen-bond acceptors (Lipinski definition) is 8. The Morgan fingerprint density at radius 1 is 1.03 bits per heavy atom. The van der Waals surface area contributed by atoms with Gasteiger partial charge in [0.05, 0.1) is 34.0 Å². The predicted octanol–water partition coefficient (Wildman–Crippen LogP) is 8.74. The number of carbonyl (C=O) groups excluding carboxylic acids is 1. The minimum absolute atomic E-state index is 0.0305. The molecule has 2 aromatic carbocycles. The number of carboxylic acids is 2. The molecule has 2 saturated carbocycles. The number of benzene rings is 2. The number of methoxy groups -OCH3 is 1. The number of amides is 1. The summed E-state index contributed by atoms with van der Waals surface area (Å²) >= 11 is 13.9. The van der Waals surface area contributed by atoms with Crippen LogP contribution in [0, 0.1) is 10.8 Å². The van der Waals surface area contributed by atoms with Gasteiger partial charge in [0, 0.05) is 67.8 Å². The van der Waals surface area contributed by atoms with E-state index >= 15 is 4.39 Å². The summed E-state index contributed by atoms with van der Waals surface area (Å²) < 4.78 is 23.3. The van der Waals surface area contributed by atoms with E-state index in [0.717, 1.165) is 82.3 Å². The summed E-state index contributed by atoms with van der Waals surface area (Å²) in [5.74, 6) is -1.89. The van der Waals surface area contributed by atoms with Crippen LogP contribution in [-0.2, 0) is 36.1 Å². The van der Waals surface area contributed by atoms with Crippen molar-refractivity contribution in [3.05, 3.63) is 92.7 Å². The summed E-state index contributed by atoms with van der Waals surface area (Å²) in [5.41, 5.74) is 3.98. The Hall–Kier alpha value is -4.82. The molecule has 3 fully saturated rings. The summed E-state index contributed by atoms with van der Waals surface area (Å²) in [6, 6.07) is 11.3. The third-order valence-electron chi connectivity index (χ3n) is 13.5. The third-order valence-corrected chi connectivity index (χ3v) is 14.3. The quantitative estimate of drug-likeness (QED) is 0.119. The van der Waals surface area contributed by atoms with E-state index in [1.807, 2.05) is 16.5 Å². The molecule has 2 aliphatic heterocycles. The van der Waals surface area contributed by atoms with Gasteiger partial charge in [-0.15, -0.1) is 0 Å². The van der Waals surface area contributed by atoms with E-state index in [1.165, 1.54) is 25.4 Å². The Labute approximate surface area is 358 Å². The Morgan fingerprint density at radius 2 is 1.78 bits per heavy atom. The summed E-state index contributed by atoms with van der Waals surface area (Å²) in [6.07, 6.45) is 11.1. The number of nitrogens with one attached hydrogen (secondary N) is 1. The monoisotopic (exact) mass is 858 g/mol. The summed E-state index contributed by atoms with van der Waals surface area (Å²) in [7, 11) is 3.33. The molecule has 3 N–H and O–H groups in total. The van der Waals surface area contributed by atoms with E-state index in [1.54, 1.807) is 36.4 Å². The van der Waals surface area contributed by atoms with Crippen LogP contribution in [-0.4, -0.2) is 85.2 Å². The molecule has 316 valence electrons. The number of aliphatic carboxylic acids is 2. The van der Waals surface area contributed by atoms with E-state index in [-0.39, 0.29) is 27.0 Å². The lowest BCUT2D eigenvalue weighted by Gasteiger charge is -2.33. The maximum absolute atomic E-state index is 15.9. The lowest BCUT2D eigenvalue weighted by molar-refractivity contribution is -0.148. The first-order valence-electron chi connectivity index (χ1n) is 20.6. The van der Waals surface area contributed by atoms with Crippen molar-refractivity contribution in [3.8, 4) is 16.9 Å². The maximum Gasteiger partial charge on any atom is 0.320 e. The van der Waals surface area contributed by atoms with Gasteiger partial charge >= 0.3 is 11.9 Å². The van der Waals surface area contributed by atoms with Crippen LogP contribution < -0.4 is 10.1 Å². The van der Waals surface area contributed by atoms with Gasteiger partial charge in [-0.05, 0) is 87.6 Å². The van der Waals surface area contributed by atoms with Gasteiger partial charge in [0.25, 0.3) is 5.91 Å². The zero-order valence-electron chi connectivity index (χ0n) is 33.8. The number of hydrogen-bond donors (Lipinski definition) is 3. The van der Waals surface area contributed by atoms with Gasteiger partial charge < -0.3 is 24.8 Å². The highest BCUT2D eigenvalue weighted by Gasteiger charge is 2.57. The second-order valence-electron chi connectivity index (χ2n) is 17.0. The van der Waals surface area contributed by atoms with Crippen LogP contribution in [0.25, 0.3) is 23.0 Å². The Bertz CT molecular complexity index is 2380. The number of piperidine rings is 1. The SMILES string of the molecule is COc1cc(/C(F)=C/c2cccc(-c3cccc(NC(=O)c4nc5c(n4C)CCN(CCC46CCC(C(=O)O)(CC4)C6)C5)c3Cl)c2Cl)ncc1CN1CCCC[C@H]1C(=O)O. The van der Waals surface area contributed by atoms with E-state index in [0.29, 0.717) is 59.7 Å². The van der Waals surface area contributed by atoms with Crippen LogP contribution in [0.2, 0.25) is 10.0 Å². The Balaban J connectivity index is 0.949. The normalized spacial score (nSPS) is 23.1. The van der Waals surface area contributed by atoms with Gasteiger partial charge in [-0.2, -0.15) is 0 Å². The number of imidazole rings is 1. The molecule has 0 unspecified atom stereocenters. The van der Waals surface area contributed by atoms with Crippen molar-refractivity contribution in [2.45, 2.75) is 83.3 Å². The van der Waals surface area contributed by atoms with E-state index in [9.17, 15) is 24.6 Å². The van der Waals surface area contributed by atoms with Crippen LogP contribution in [0.15, 0.2) is 48.7 Å². The van der Waals surface area contributed by atoms with Crippen molar-refractivity contribution >= 4 is 58.6 Å². The molecule has 2 aliphatic carbocycles. The van der Waals surface area contributed by atoms with E-state index in [2.05, 4.69) is 15.2 Å². The highest BCUT2D eigenvalue weighted by atomic mass is 35.5. The van der Waals surface area contributed by atoms with Crippen LogP contribution in [0.3, 0.4) is 0 Å². The predicted molar refractivity (Wildman–Crippen MR) is 228 cm³/mol. The highest BCUT2D eigenvalue weighted by molar-refractivity contribution is 6.39. The number of fused-ring (bicyclic) bond motifs is 3. The number of nitrogens with zero attached hydrogens (tertiary/aromatic N) is 5. The minimum atomic E-state index is -0.864. The molecule has 60 heavy (non-hydrogen) atoms. The molecule has 12 nitrogen and oxygen atoms in total. The number of carbonyl (C=O) groups is 3. The fraction of sp³-hybridized carbons (Fsp3) is 0.444. The van der Waals surface area contributed by atoms with Crippen LogP contribution in [0.4, 0.5) is 10.1 Å². The zero-order chi connectivity index (χ0) is 42.3. The van der Waals surface area contributed by atoms with Crippen molar-refractivity contribution in [2.75, 3.05) is 32.1 Å². The lowest BCUT2D eigenvalue weighted by atomic mass is 9.80. The number of aromatic nitrogens is 3. The average Bonchev–Trinajstić information content (AvgIpc) is 3.93. The molecular formula is C45H49Cl2FN6O6. The molecule has 1 atom stereocenters. The molecule has 4 aromatic rings. The van der Waals surface area contributed by atoms with Gasteiger partial charge in [0.1, 0.15) is 23.3 Å². The number of ether oxygens (including phenoxy) is 1. The van der Waals surface area contributed by atoms with E-state index in [4.69, 9.17) is 32.9 Å². The number of anilines is 1. The summed E-state index contributed by atoms with van der Waals surface area (Å²) in [6.45, 7) is 3.29. The molecule has 1 amide bonds. The highest BCUT2D eigenvalue weighted by Crippen LogP contribution is 2.63. The van der Waals surface area contributed by atoms with Crippen LogP contribution in [0.1, 0.15) is 96.6 Å². The third kappa shape index (κ3) is 8.04. The number of halogens is 3. The second-order valence-corrected chi connectivity index (χ2v) is 17.7. The van der Waals surface area contributed by atoms with Gasteiger partial charge in [0.15, 0.2) is 5.82 Å². The average molecular weight is 860 g/mol. The van der Waals surface area contributed by atoms with Gasteiger partial charge in [0.2, 0.25) is 0 Å². The first-order valence-corrected chi connectivity index (χ1v) is 21.3. The largest absolute Gasteiger partial charge is 0.496 e. The molecule has 0 spiro atoms. The van der Waals surface area contributed by atoms with Crippen molar-refractivity contribution in [3.63, 3.8) is 0 Å². The minimum Gasteiger partial charge on any atom is -0.496 e. The molecule has 4 aliphatic rings. The number of carboxylic acid groups (broad SMARTS) is 2. The molecule has 1 saturated heterocycles. The zero-order valence-corrected chi connectivity index (χ0v) is 35.3. The van der Waals surface area contributed by atoms with E-state index < -0.39 is 35.1 Å². The molecule has 8 rings (SSSR count). The van der Waals surface area contributed by atoms with Crippen molar-refractivity contribution in [2.24, 2.45) is 17.9 Å². The van der Waals surface area contributed by atoms with Gasteiger partial charge in [-0.25, -0.2) is 9.37 Å². The summed E-state index contributed by atoms with van der Waals surface area (Å²) in [5, 5.41) is 23.0. The molecule has 15 heteroatoms. The Kier molecular flexibility index (Phi) is 11.8.